The topological polar surface area (TPSA) is 235 Å². The van der Waals surface area contributed by atoms with Crippen molar-refractivity contribution in [2.45, 2.75) is 92.6 Å². The molecule has 17 nitrogen and oxygen atoms in total. The maximum Gasteiger partial charge on any atom is 0.494 e. The molecule has 23 heteroatoms. The number of halogens is 3. The van der Waals surface area contributed by atoms with Gasteiger partial charge in [0.15, 0.2) is 0 Å². The molecule has 14 rings (SSSR count). The first-order chi connectivity index (χ1) is 43.1. The first-order valence-corrected chi connectivity index (χ1v) is 32.2. The molecule has 0 bridgehead atoms. The highest BCUT2D eigenvalue weighted by Crippen LogP contribution is 2.38. The van der Waals surface area contributed by atoms with Crippen molar-refractivity contribution in [3.8, 4) is 11.3 Å². The van der Waals surface area contributed by atoms with Crippen LogP contribution in [0.1, 0.15) is 93.3 Å². The van der Waals surface area contributed by atoms with Gasteiger partial charge in [0.25, 0.3) is 11.8 Å². The Morgan fingerprint density at radius 3 is 1.68 bits per heavy atom. The number of hydrogen-bond acceptors (Lipinski definition) is 15. The molecule has 0 spiro atoms. The Hall–Kier alpha value is -8.29. The minimum Gasteiger partial charge on any atom is -0.399 e. The van der Waals surface area contributed by atoms with Crippen molar-refractivity contribution in [3.05, 3.63) is 205 Å². The van der Waals surface area contributed by atoms with Crippen LogP contribution in [0.4, 0.5) is 28.4 Å². The number of anilines is 5. The van der Waals surface area contributed by atoms with Crippen LogP contribution in [0.25, 0.3) is 53.2 Å². The van der Waals surface area contributed by atoms with Crippen LogP contribution in [0, 0.1) is 3.57 Å². The maximum absolute atomic E-state index is 12.3. The smallest absolute Gasteiger partial charge is 0.399 e. The standard InChI is InChI=1S/C24H21N5OS.C18H24BNO3S.C12H9ClN4.C8H8N2.C5H3ClIN.CH4/c1-14(2)27-24(30)23-11-16-4-3-15(10-22(16)31-23)21-12-19(7-8-25-21)28-18-5-6-20-17(9-18)13-26-29-20;1-11(2)20-16(21)15-9-12-7-8-13(10-14(12)24-15)19-22-17(3,4)18(5,6)23-19;13-12-6-10(3-4-14-12)16-9-1-2-11-8(5-9)7-15-17-11;9-8-2-1-6-4-10-5-7(6)3-8;6-5-3-4(7)1-2-8-5;/h3-14H,1-2H3,(H,25,28)(H,26,29)(H,27,30);7-11H,1-6H3,(H,20,21);1-7H,(H,14,16)(H,15,17);1-3,5H,4,9H2;1-3H;1H4. The Kier molecular flexibility index (Phi) is 22.0. The molecule has 1 saturated heterocycles. The Morgan fingerprint density at radius 1 is 0.604 bits per heavy atom. The zero-order valence-electron chi connectivity index (χ0n) is 50.5. The van der Waals surface area contributed by atoms with E-state index in [1.807, 2.05) is 183 Å². The van der Waals surface area contributed by atoms with Gasteiger partial charge in [0.05, 0.1) is 56.6 Å². The number of nitrogens with zero attached hydrogens (tertiary/aromatic N) is 6. The number of rotatable bonds is 10. The van der Waals surface area contributed by atoms with Crippen LogP contribution in [0.15, 0.2) is 176 Å². The second kappa shape index (κ2) is 29.8. The van der Waals surface area contributed by atoms with E-state index in [1.54, 1.807) is 30.9 Å². The fraction of sp³-hybridized carbons (Fsp3) is 0.206. The highest BCUT2D eigenvalue weighted by atomic mass is 127. The van der Waals surface area contributed by atoms with E-state index in [9.17, 15) is 9.59 Å². The van der Waals surface area contributed by atoms with Gasteiger partial charge in [-0.05, 0) is 215 Å². The molecule has 2 aliphatic heterocycles. The molecule has 2 amide bonds. The van der Waals surface area contributed by atoms with Crippen molar-refractivity contribution in [2.24, 2.45) is 4.99 Å². The number of nitrogens with two attached hydrogens (primary N) is 1. The van der Waals surface area contributed by atoms with Gasteiger partial charge >= 0.3 is 7.12 Å². The summed E-state index contributed by atoms with van der Waals surface area (Å²) in [6, 6.07) is 45.7. The number of carbonyl (C=O) groups excluding carboxylic acids is 2. The summed E-state index contributed by atoms with van der Waals surface area (Å²) in [6.45, 7) is 16.8. The van der Waals surface area contributed by atoms with E-state index in [-0.39, 0.29) is 49.6 Å². The third-order valence-electron chi connectivity index (χ3n) is 14.5. The van der Waals surface area contributed by atoms with Gasteiger partial charge in [-0.15, -0.1) is 22.7 Å². The summed E-state index contributed by atoms with van der Waals surface area (Å²) >= 11 is 16.5. The quantitative estimate of drug-likeness (QED) is 0.0293. The van der Waals surface area contributed by atoms with E-state index < -0.39 is 0 Å². The number of hydrogen-bond donors (Lipinski definition) is 7. The summed E-state index contributed by atoms with van der Waals surface area (Å²) in [5.41, 5.74) is 16.8. The number of thiophene rings is 2. The first kappa shape index (κ1) is 67.1. The van der Waals surface area contributed by atoms with Crippen LogP contribution in [-0.4, -0.2) is 83.8 Å². The lowest BCUT2D eigenvalue weighted by molar-refractivity contribution is 0.00578. The van der Waals surface area contributed by atoms with Crippen molar-refractivity contribution < 1.29 is 18.9 Å². The van der Waals surface area contributed by atoms with Crippen molar-refractivity contribution in [1.82, 2.24) is 46.0 Å². The molecule has 466 valence electrons. The number of nitrogens with one attached hydrogen (secondary N) is 6. The molecule has 7 aromatic heterocycles. The number of benzene rings is 5. The molecular weight excluding hydrogens is 1340 g/mol. The van der Waals surface area contributed by atoms with E-state index in [0.717, 1.165) is 107 Å². The van der Waals surface area contributed by atoms with Crippen LogP contribution in [0.3, 0.4) is 0 Å². The molecule has 0 radical (unpaired) electrons. The minimum absolute atomic E-state index is 0. The number of aromatic amines is 2. The summed E-state index contributed by atoms with van der Waals surface area (Å²) in [7, 11) is -0.380. The fourth-order valence-corrected chi connectivity index (χ4v) is 12.3. The summed E-state index contributed by atoms with van der Waals surface area (Å²) in [5, 5.41) is 31.8. The van der Waals surface area contributed by atoms with Crippen molar-refractivity contribution in [2.75, 3.05) is 16.4 Å². The molecule has 91 heavy (non-hydrogen) atoms. The lowest BCUT2D eigenvalue weighted by Crippen LogP contribution is -2.41. The Balaban J connectivity index is 0.000000145. The molecule has 0 unspecified atom stereocenters. The molecule has 5 aromatic carbocycles. The highest BCUT2D eigenvalue weighted by Gasteiger charge is 2.51. The SMILES string of the molecule is C.CC(C)NC(=O)c1cc2ccc(-c3cc(Nc4ccc5[nH]ncc5c4)ccn3)cc2s1.CC(C)NC(=O)c1cc2ccc(B3OC(C)(C)C(C)(C)O3)cc2s1.Clc1cc(I)ccn1.Clc1cc(Nc2ccc3[nH]ncc3c2)ccn1.Nc1ccc2c(c1)C=NC2. The summed E-state index contributed by atoms with van der Waals surface area (Å²) < 4.78 is 15.5. The predicted molar refractivity (Wildman–Crippen MR) is 387 cm³/mol. The summed E-state index contributed by atoms with van der Waals surface area (Å²) in [6.07, 6.45) is 10.6. The lowest BCUT2D eigenvalue weighted by atomic mass is 9.79. The molecular formula is C68H69BCl2IN13O4S2. The third kappa shape index (κ3) is 17.6. The first-order valence-electron chi connectivity index (χ1n) is 28.8. The van der Waals surface area contributed by atoms with Crippen LogP contribution in [-0.2, 0) is 15.9 Å². The third-order valence-corrected chi connectivity index (χ3v) is 17.7. The number of nitrogen functional groups attached to an aromatic ring is 1. The summed E-state index contributed by atoms with van der Waals surface area (Å²) in [5.74, 6) is -0.0555. The monoisotopic (exact) mass is 1400 g/mol. The predicted octanol–water partition coefficient (Wildman–Crippen LogP) is 16.6. The number of aliphatic imine (C=N–C) groups is 1. The number of fused-ring (bicyclic) bond motifs is 5. The zero-order valence-corrected chi connectivity index (χ0v) is 55.8. The molecule has 1 fully saturated rings. The molecule has 0 saturated carbocycles. The van der Waals surface area contributed by atoms with E-state index in [0.29, 0.717) is 10.3 Å². The Morgan fingerprint density at radius 2 is 1.13 bits per heavy atom. The average molecular weight is 1410 g/mol. The van der Waals surface area contributed by atoms with E-state index in [2.05, 4.69) is 102 Å². The molecule has 12 aromatic rings. The van der Waals surface area contributed by atoms with Gasteiger partial charge in [-0.25, -0.2) is 9.97 Å². The van der Waals surface area contributed by atoms with Crippen LogP contribution >= 0.6 is 68.5 Å². The highest BCUT2D eigenvalue weighted by molar-refractivity contribution is 14.1. The Labute approximate surface area is 560 Å². The maximum atomic E-state index is 12.3. The second-order valence-corrected chi connectivity index (χ2v) is 26.9. The van der Waals surface area contributed by atoms with Crippen molar-refractivity contribution in [1.29, 1.82) is 0 Å². The van der Waals surface area contributed by atoms with Crippen LogP contribution < -0.4 is 32.5 Å². The van der Waals surface area contributed by atoms with Gasteiger partial charge in [0.1, 0.15) is 10.3 Å². The van der Waals surface area contributed by atoms with Crippen molar-refractivity contribution >= 4 is 169 Å². The van der Waals surface area contributed by atoms with Gasteiger partial charge in [0.2, 0.25) is 0 Å². The van der Waals surface area contributed by atoms with Crippen LogP contribution in [0.5, 0.6) is 0 Å². The normalized spacial score (nSPS) is 13.2. The number of aromatic nitrogens is 7. The fourth-order valence-electron chi connectivity index (χ4n) is 9.27. The number of H-pyrrole nitrogens is 2. The largest absolute Gasteiger partial charge is 0.494 e. The van der Waals surface area contributed by atoms with Crippen LogP contribution in [0.2, 0.25) is 10.3 Å². The lowest BCUT2D eigenvalue weighted by Gasteiger charge is -2.32. The van der Waals surface area contributed by atoms with E-state index in [1.165, 1.54) is 33.8 Å². The minimum atomic E-state index is -0.380. The molecule has 2 aliphatic rings. The average Bonchev–Trinajstić information content (AvgIpc) is 1.67. The van der Waals surface area contributed by atoms with E-state index >= 15 is 0 Å². The zero-order chi connectivity index (χ0) is 63.7. The van der Waals surface area contributed by atoms with Crippen molar-refractivity contribution in [3.63, 3.8) is 0 Å². The number of amides is 2. The van der Waals surface area contributed by atoms with Gasteiger partial charge < -0.3 is 36.3 Å². The molecule has 9 heterocycles. The Bertz CT molecular complexity index is 4520. The summed E-state index contributed by atoms with van der Waals surface area (Å²) in [4.78, 5) is 42.4. The second-order valence-electron chi connectivity index (χ2n) is 22.7. The van der Waals surface area contributed by atoms with Gasteiger partial charge in [0, 0.05) is 94.6 Å². The number of carbonyl (C=O) groups is 2. The molecule has 8 N–H and O–H groups in total. The number of pyridine rings is 3. The van der Waals surface area contributed by atoms with Gasteiger partial charge in [-0.2, -0.15) is 10.2 Å². The van der Waals surface area contributed by atoms with Gasteiger partial charge in [-0.3, -0.25) is 29.8 Å². The molecule has 0 aliphatic carbocycles. The molecule has 0 atom stereocenters. The van der Waals surface area contributed by atoms with E-state index in [4.69, 9.17) is 38.2 Å². The van der Waals surface area contributed by atoms with Gasteiger partial charge in [-0.1, -0.05) is 61.0 Å².